The topological polar surface area (TPSA) is 166 Å². The standard InChI is InChI=1S/C14H15Cl2N3O3.C11H11Cl2N3O3.CH4.B/c1-14(2)21-6-10(22-14)12(20)19-13-17-5-7-9(18-13)4-3-8(15)11(7)16;12-6-1-2-7-5(9(6)13)3-14-11(15-7)16-10(19)8(18)4-17;;/h3-4,10H,5-6H2,1-2H3,(H2,17,18,19,20);1-2,8,17-18H,3-4H2,(H2,14,15,16,19);1H4;/p+1. The van der Waals surface area contributed by atoms with Crippen molar-refractivity contribution in [2.75, 3.05) is 23.8 Å². The number of guanidine groups is 2. The molecule has 12 nitrogen and oxygen atoms in total. The molecular weight excluding hydrogens is 645 g/mol. The number of fused-ring (bicyclic) bond motifs is 2. The fourth-order valence-corrected chi connectivity index (χ4v) is 4.62. The lowest BCUT2D eigenvalue weighted by Gasteiger charge is -2.21. The number of hydrogen-bond donors (Lipinski definition) is 6. The van der Waals surface area contributed by atoms with Gasteiger partial charge in [0, 0.05) is 30.9 Å². The van der Waals surface area contributed by atoms with E-state index in [0.29, 0.717) is 38.3 Å². The predicted octanol–water partition coefficient (Wildman–Crippen LogP) is 3.65. The Hall–Kier alpha value is -2.62. The smallest absolute Gasteiger partial charge is 0.393 e. The maximum atomic E-state index is 12.2. The van der Waals surface area contributed by atoms with Crippen LogP contribution in [0, 0.1) is 0 Å². The lowest BCUT2D eigenvalue weighted by Crippen LogP contribution is -2.44. The van der Waals surface area contributed by atoms with Crippen molar-refractivity contribution >= 4 is 89.9 Å². The van der Waals surface area contributed by atoms with Crippen molar-refractivity contribution in [3.8, 4) is 0 Å². The van der Waals surface area contributed by atoms with Crippen LogP contribution in [0.25, 0.3) is 0 Å². The van der Waals surface area contributed by atoms with E-state index in [2.05, 4.69) is 31.3 Å². The van der Waals surface area contributed by atoms with Crippen LogP contribution >= 0.6 is 46.4 Å². The summed E-state index contributed by atoms with van der Waals surface area (Å²) >= 11 is 24.0. The number of carbonyl (C=O) groups excluding carboxylic acids is 2. The van der Waals surface area contributed by atoms with E-state index in [1.54, 1.807) is 38.1 Å². The van der Waals surface area contributed by atoms with Crippen molar-refractivity contribution in [3.63, 3.8) is 0 Å². The molecule has 2 amide bonds. The van der Waals surface area contributed by atoms with Gasteiger partial charge in [-0.1, -0.05) is 53.8 Å². The van der Waals surface area contributed by atoms with E-state index in [-0.39, 0.29) is 42.3 Å². The second kappa shape index (κ2) is 15.4. The van der Waals surface area contributed by atoms with Gasteiger partial charge in [-0.25, -0.2) is 9.98 Å². The molecule has 0 aromatic heterocycles. The van der Waals surface area contributed by atoms with Gasteiger partial charge in [-0.05, 0) is 38.1 Å². The Morgan fingerprint density at radius 2 is 1.49 bits per heavy atom. The highest BCUT2D eigenvalue weighted by molar-refractivity contribution is 6.43. The van der Waals surface area contributed by atoms with Gasteiger partial charge in [0.1, 0.15) is 0 Å². The summed E-state index contributed by atoms with van der Waals surface area (Å²) in [6.07, 6.45) is -2.14. The molecular formula is C26H31BCl4N6O6+. The van der Waals surface area contributed by atoms with E-state index in [1.807, 2.05) is 0 Å². The monoisotopic (exact) mass is 674 g/mol. The highest BCUT2D eigenvalue weighted by atomic mass is 35.5. The summed E-state index contributed by atoms with van der Waals surface area (Å²) in [6.45, 7) is 3.68. The average molecular weight is 676 g/mol. The molecule has 43 heavy (non-hydrogen) atoms. The molecule has 2 aromatic rings. The maximum absolute atomic E-state index is 12.2. The Morgan fingerprint density at radius 1 is 1.00 bits per heavy atom. The molecule has 2 atom stereocenters. The van der Waals surface area contributed by atoms with E-state index >= 15 is 0 Å². The molecule has 2 unspecified atom stereocenters. The van der Waals surface area contributed by atoms with Gasteiger partial charge in [-0.2, -0.15) is 0 Å². The van der Waals surface area contributed by atoms with Gasteiger partial charge >= 0.3 is 1.43 Å². The highest BCUT2D eigenvalue weighted by Crippen LogP contribution is 2.34. The number of ether oxygens (including phenoxy) is 2. The highest BCUT2D eigenvalue weighted by Gasteiger charge is 2.37. The first-order chi connectivity index (χ1) is 19.4. The van der Waals surface area contributed by atoms with Crippen LogP contribution in [0.15, 0.2) is 34.3 Å². The SMILES string of the molecule is C.CC1(C)OCC(C(=O)NC2=NCc3c(ccc(Cl)c3Cl)N2)O1.O=C(NC1=NCc2c(ccc(Cl)c2Cl)N1)C(O)CO.[B].[H+]. The second-order valence-corrected chi connectivity index (χ2v) is 10.9. The molecule has 0 saturated carbocycles. The molecule has 2 aromatic carbocycles. The van der Waals surface area contributed by atoms with Crippen molar-refractivity contribution in [1.82, 2.24) is 10.6 Å². The second-order valence-electron chi connectivity index (χ2n) is 9.35. The van der Waals surface area contributed by atoms with Gasteiger partial charge in [-0.3, -0.25) is 20.2 Å². The van der Waals surface area contributed by atoms with E-state index < -0.39 is 30.5 Å². The van der Waals surface area contributed by atoms with Crippen LogP contribution in [0.3, 0.4) is 0 Å². The third-order valence-corrected chi connectivity index (χ3v) is 7.64. The first-order valence-electron chi connectivity index (χ1n) is 12.2. The van der Waals surface area contributed by atoms with E-state index in [4.69, 9.17) is 66.1 Å². The molecule has 3 radical (unpaired) electrons. The van der Waals surface area contributed by atoms with Crippen LogP contribution in [0.2, 0.25) is 20.1 Å². The minimum absolute atomic E-state index is 0. The zero-order valence-electron chi connectivity index (χ0n) is 23.3. The zero-order valence-corrected chi connectivity index (χ0v) is 25.3. The molecule has 231 valence electrons. The first-order valence-corrected chi connectivity index (χ1v) is 13.7. The van der Waals surface area contributed by atoms with Crippen LogP contribution < -0.4 is 21.3 Å². The molecule has 0 spiro atoms. The Kier molecular flexibility index (Phi) is 13.1. The van der Waals surface area contributed by atoms with Crippen molar-refractivity contribution in [1.29, 1.82) is 0 Å². The molecule has 1 fully saturated rings. The normalized spacial score (nSPS) is 18.2. The number of anilines is 2. The van der Waals surface area contributed by atoms with E-state index in [0.717, 1.165) is 16.8 Å². The molecule has 3 heterocycles. The number of hydrogen-bond acceptors (Lipinski definition) is 10. The van der Waals surface area contributed by atoms with E-state index in [9.17, 15) is 9.59 Å². The number of aliphatic hydroxyl groups excluding tert-OH is 2. The number of nitrogens with zero attached hydrogens (tertiary/aromatic N) is 2. The fourth-order valence-electron chi connectivity index (χ4n) is 3.82. The van der Waals surface area contributed by atoms with Gasteiger partial charge in [0.2, 0.25) is 11.9 Å². The van der Waals surface area contributed by atoms with E-state index in [1.165, 1.54) is 0 Å². The summed E-state index contributed by atoms with van der Waals surface area (Å²) < 4.78 is 10.9. The summed E-state index contributed by atoms with van der Waals surface area (Å²) in [6, 6.07) is 6.83. The lowest BCUT2D eigenvalue weighted by molar-refractivity contribution is -0.152. The van der Waals surface area contributed by atoms with Crippen LogP contribution in [-0.2, 0) is 32.2 Å². The Morgan fingerprint density at radius 3 is 1.93 bits per heavy atom. The van der Waals surface area contributed by atoms with Gasteiger partial charge in [0.25, 0.3) is 11.8 Å². The number of benzene rings is 2. The number of halogens is 4. The average Bonchev–Trinajstić information content (AvgIpc) is 3.32. The molecule has 1 saturated heterocycles. The third-order valence-electron chi connectivity index (χ3n) is 5.95. The molecule has 0 aliphatic carbocycles. The Bertz CT molecular complexity index is 1430. The molecule has 0 bridgehead atoms. The largest absolute Gasteiger partial charge is 1.00 e. The zero-order chi connectivity index (χ0) is 29.9. The van der Waals surface area contributed by atoms with Gasteiger partial charge in [0.15, 0.2) is 18.0 Å². The van der Waals surface area contributed by atoms with Crippen LogP contribution in [0.1, 0.15) is 33.8 Å². The molecule has 6 N–H and O–H groups in total. The summed E-state index contributed by atoms with van der Waals surface area (Å²) in [5.41, 5.74) is 2.98. The molecule has 17 heteroatoms. The third kappa shape index (κ3) is 8.96. The van der Waals surface area contributed by atoms with Gasteiger partial charge in [-0.15, -0.1) is 0 Å². The number of amides is 2. The quantitative estimate of drug-likeness (QED) is 0.268. The van der Waals surface area contributed by atoms with Crippen LogP contribution in [-0.4, -0.2) is 73.6 Å². The predicted molar refractivity (Wildman–Crippen MR) is 170 cm³/mol. The van der Waals surface area contributed by atoms with Crippen molar-refractivity contribution < 1.29 is 30.7 Å². The lowest BCUT2D eigenvalue weighted by atomic mass is 10.1. The first kappa shape index (κ1) is 36.6. The number of aliphatic imine (C=N–C) groups is 2. The summed E-state index contributed by atoms with van der Waals surface area (Å²) in [4.78, 5) is 31.9. The van der Waals surface area contributed by atoms with Crippen molar-refractivity contribution in [2.45, 2.75) is 52.4 Å². The van der Waals surface area contributed by atoms with Crippen LogP contribution in [0.4, 0.5) is 11.4 Å². The Labute approximate surface area is 272 Å². The minimum atomic E-state index is -1.49. The van der Waals surface area contributed by atoms with Crippen molar-refractivity contribution in [3.05, 3.63) is 55.5 Å². The minimum Gasteiger partial charge on any atom is -0.393 e. The summed E-state index contributed by atoms with van der Waals surface area (Å²) in [5.74, 6) is -1.26. The van der Waals surface area contributed by atoms with Crippen molar-refractivity contribution in [2.24, 2.45) is 9.98 Å². The number of nitrogens with one attached hydrogen (secondary N) is 4. The van der Waals surface area contributed by atoms with Crippen LogP contribution in [0.5, 0.6) is 0 Å². The maximum Gasteiger partial charge on any atom is 1.00 e. The molecule has 3 aliphatic heterocycles. The van der Waals surface area contributed by atoms with Gasteiger partial charge < -0.3 is 30.3 Å². The van der Waals surface area contributed by atoms with Gasteiger partial charge in [0.05, 0.1) is 46.4 Å². The Balaban J connectivity index is 0.000000416. The number of carbonyl (C=O) groups is 2. The molecule has 5 rings (SSSR count). The summed E-state index contributed by atoms with van der Waals surface area (Å²) in [5, 5.41) is 30.5. The number of rotatable bonds is 3. The fraction of sp³-hybridized carbons (Fsp3) is 0.385. The molecule has 3 aliphatic rings. The number of aliphatic hydroxyl groups is 2. The summed E-state index contributed by atoms with van der Waals surface area (Å²) in [7, 11) is 0.